The Kier molecular flexibility index (Phi) is 5.13. The number of hydrogen-bond acceptors (Lipinski definition) is 4. The van der Waals surface area contributed by atoms with Gasteiger partial charge in [0.15, 0.2) is 5.82 Å². The molecule has 0 unspecified atom stereocenters. The minimum absolute atomic E-state index is 0.444. The van der Waals surface area contributed by atoms with Gasteiger partial charge in [-0.2, -0.15) is 13.2 Å². The molecule has 1 aliphatic heterocycles. The van der Waals surface area contributed by atoms with Crippen LogP contribution >= 0.6 is 0 Å². The quantitative estimate of drug-likeness (QED) is 0.635. The summed E-state index contributed by atoms with van der Waals surface area (Å²) >= 11 is 0. The first-order valence-corrected chi connectivity index (χ1v) is 9.48. The summed E-state index contributed by atoms with van der Waals surface area (Å²) in [4.78, 5) is 13.6. The van der Waals surface area contributed by atoms with Gasteiger partial charge < -0.3 is 9.80 Å². The van der Waals surface area contributed by atoms with E-state index in [-0.39, 0.29) is 0 Å². The maximum Gasteiger partial charge on any atom is 0.416 e. The van der Waals surface area contributed by atoms with Crippen LogP contribution in [-0.2, 0) is 6.18 Å². The molecule has 0 amide bonds. The molecule has 1 aliphatic rings. The van der Waals surface area contributed by atoms with Crippen LogP contribution in [0.4, 0.5) is 24.7 Å². The molecule has 0 aliphatic carbocycles. The zero-order chi connectivity index (χ0) is 20.4. The molecule has 29 heavy (non-hydrogen) atoms. The van der Waals surface area contributed by atoms with E-state index in [4.69, 9.17) is 0 Å². The van der Waals surface area contributed by atoms with Gasteiger partial charge in [-0.1, -0.05) is 30.3 Å². The van der Waals surface area contributed by atoms with Crippen molar-refractivity contribution in [3.8, 4) is 11.4 Å². The van der Waals surface area contributed by atoms with E-state index in [9.17, 15) is 13.2 Å². The summed E-state index contributed by atoms with van der Waals surface area (Å²) in [5, 5.41) is 0. The van der Waals surface area contributed by atoms with Crippen LogP contribution in [0.15, 0.2) is 60.7 Å². The standard InChI is InChI=1S/C22H21F3N4/c1-16-15-20(29-13-11-28(12-14-29)19-5-3-2-4-6-19)27-21(26-16)17-7-9-18(10-8-17)22(23,24)25/h2-10,15H,11-14H2,1H3. The molecule has 0 saturated carbocycles. The van der Waals surface area contributed by atoms with Crippen molar-refractivity contribution < 1.29 is 13.2 Å². The van der Waals surface area contributed by atoms with E-state index in [0.717, 1.165) is 49.8 Å². The first kappa shape index (κ1) is 19.2. The van der Waals surface area contributed by atoms with Gasteiger partial charge in [0.25, 0.3) is 0 Å². The largest absolute Gasteiger partial charge is 0.416 e. The lowest BCUT2D eigenvalue weighted by Gasteiger charge is -2.36. The summed E-state index contributed by atoms with van der Waals surface area (Å²) in [7, 11) is 0. The molecule has 2 aromatic carbocycles. The maximum atomic E-state index is 12.8. The van der Waals surface area contributed by atoms with Crippen LogP contribution in [0.25, 0.3) is 11.4 Å². The molecule has 0 bridgehead atoms. The number of para-hydroxylation sites is 1. The Morgan fingerprint density at radius 2 is 1.41 bits per heavy atom. The van der Waals surface area contributed by atoms with Crippen molar-refractivity contribution in [2.45, 2.75) is 13.1 Å². The van der Waals surface area contributed by atoms with E-state index in [1.54, 1.807) is 0 Å². The molecule has 150 valence electrons. The van der Waals surface area contributed by atoms with Crippen LogP contribution in [0, 0.1) is 6.92 Å². The van der Waals surface area contributed by atoms with Gasteiger partial charge in [-0.05, 0) is 31.2 Å². The number of aromatic nitrogens is 2. The van der Waals surface area contributed by atoms with E-state index in [0.29, 0.717) is 11.4 Å². The predicted molar refractivity (Wildman–Crippen MR) is 108 cm³/mol. The minimum Gasteiger partial charge on any atom is -0.368 e. The Morgan fingerprint density at radius 3 is 2.03 bits per heavy atom. The van der Waals surface area contributed by atoms with Crippen molar-refractivity contribution >= 4 is 11.5 Å². The van der Waals surface area contributed by atoms with Crippen molar-refractivity contribution in [1.82, 2.24) is 9.97 Å². The van der Waals surface area contributed by atoms with Crippen molar-refractivity contribution in [3.63, 3.8) is 0 Å². The Balaban J connectivity index is 1.52. The molecule has 0 spiro atoms. The van der Waals surface area contributed by atoms with Gasteiger partial charge in [-0.15, -0.1) is 0 Å². The lowest BCUT2D eigenvalue weighted by Crippen LogP contribution is -2.46. The SMILES string of the molecule is Cc1cc(N2CCN(c3ccccc3)CC2)nc(-c2ccc(C(F)(F)F)cc2)n1. The molecule has 1 aromatic heterocycles. The lowest BCUT2D eigenvalue weighted by molar-refractivity contribution is -0.137. The fraction of sp³-hybridized carbons (Fsp3) is 0.273. The minimum atomic E-state index is -4.35. The number of hydrogen-bond donors (Lipinski definition) is 0. The number of benzene rings is 2. The van der Waals surface area contributed by atoms with E-state index in [1.807, 2.05) is 31.2 Å². The number of halogens is 3. The second kappa shape index (κ2) is 7.73. The van der Waals surface area contributed by atoms with E-state index in [1.165, 1.54) is 17.8 Å². The molecule has 4 nitrogen and oxygen atoms in total. The molecule has 0 radical (unpaired) electrons. The molecule has 0 atom stereocenters. The van der Waals surface area contributed by atoms with Gasteiger partial charge >= 0.3 is 6.18 Å². The van der Waals surface area contributed by atoms with Gasteiger partial charge in [-0.3, -0.25) is 0 Å². The van der Waals surface area contributed by atoms with E-state index < -0.39 is 11.7 Å². The highest BCUT2D eigenvalue weighted by molar-refractivity contribution is 5.59. The number of rotatable bonds is 3. The topological polar surface area (TPSA) is 32.3 Å². The van der Waals surface area contributed by atoms with Gasteiger partial charge in [0.2, 0.25) is 0 Å². The van der Waals surface area contributed by atoms with Gasteiger partial charge in [0.1, 0.15) is 5.82 Å². The molecule has 4 rings (SSSR count). The molecular weight excluding hydrogens is 377 g/mol. The van der Waals surface area contributed by atoms with Crippen LogP contribution in [0.3, 0.4) is 0 Å². The number of aryl methyl sites for hydroxylation is 1. The Morgan fingerprint density at radius 1 is 0.793 bits per heavy atom. The smallest absolute Gasteiger partial charge is 0.368 e. The molecule has 1 fully saturated rings. The zero-order valence-corrected chi connectivity index (χ0v) is 16.0. The average Bonchev–Trinajstić information content (AvgIpc) is 2.73. The predicted octanol–water partition coefficient (Wildman–Crippen LogP) is 4.80. The Labute approximate surface area is 167 Å². The number of alkyl halides is 3. The molecule has 7 heteroatoms. The van der Waals surface area contributed by atoms with Gasteiger partial charge in [0.05, 0.1) is 5.56 Å². The number of piperazine rings is 1. The second-order valence-corrected chi connectivity index (χ2v) is 7.08. The first-order chi connectivity index (χ1) is 13.9. The van der Waals surface area contributed by atoms with Crippen molar-refractivity contribution in [3.05, 3.63) is 71.9 Å². The monoisotopic (exact) mass is 398 g/mol. The molecule has 2 heterocycles. The fourth-order valence-electron chi connectivity index (χ4n) is 3.48. The first-order valence-electron chi connectivity index (χ1n) is 9.48. The highest BCUT2D eigenvalue weighted by atomic mass is 19.4. The van der Waals surface area contributed by atoms with Crippen LogP contribution in [0.5, 0.6) is 0 Å². The summed E-state index contributed by atoms with van der Waals surface area (Å²) in [6.45, 7) is 5.26. The Bertz CT molecular complexity index is 964. The number of anilines is 2. The molecule has 0 N–H and O–H groups in total. The average molecular weight is 398 g/mol. The zero-order valence-electron chi connectivity index (χ0n) is 16.0. The van der Waals surface area contributed by atoms with Crippen LogP contribution in [-0.4, -0.2) is 36.1 Å². The summed E-state index contributed by atoms with van der Waals surface area (Å²) < 4.78 is 38.4. The second-order valence-electron chi connectivity index (χ2n) is 7.08. The Hall–Kier alpha value is -3.09. The number of nitrogens with zero attached hydrogens (tertiary/aromatic N) is 4. The van der Waals surface area contributed by atoms with Crippen molar-refractivity contribution in [1.29, 1.82) is 0 Å². The maximum absolute atomic E-state index is 12.8. The third kappa shape index (κ3) is 4.34. The van der Waals surface area contributed by atoms with E-state index >= 15 is 0 Å². The van der Waals surface area contributed by atoms with Crippen molar-refractivity contribution in [2.75, 3.05) is 36.0 Å². The third-order valence-corrected chi connectivity index (χ3v) is 5.04. The van der Waals surface area contributed by atoms with Crippen LogP contribution in [0.1, 0.15) is 11.3 Å². The van der Waals surface area contributed by atoms with Gasteiger partial charge in [-0.25, -0.2) is 9.97 Å². The third-order valence-electron chi connectivity index (χ3n) is 5.04. The van der Waals surface area contributed by atoms with Crippen LogP contribution < -0.4 is 9.80 Å². The van der Waals surface area contributed by atoms with Gasteiger partial charge in [0, 0.05) is 49.2 Å². The summed E-state index contributed by atoms with van der Waals surface area (Å²) in [6.07, 6.45) is -4.35. The lowest BCUT2D eigenvalue weighted by atomic mass is 10.1. The molecular formula is C22H21F3N4. The molecule has 1 saturated heterocycles. The fourth-order valence-corrected chi connectivity index (χ4v) is 3.48. The summed E-state index contributed by atoms with van der Waals surface area (Å²) in [5.41, 5.74) is 1.89. The van der Waals surface area contributed by atoms with Crippen molar-refractivity contribution in [2.24, 2.45) is 0 Å². The summed E-state index contributed by atoms with van der Waals surface area (Å²) in [6, 6.07) is 17.2. The van der Waals surface area contributed by atoms with Crippen LogP contribution in [0.2, 0.25) is 0 Å². The highest BCUT2D eigenvalue weighted by Gasteiger charge is 2.30. The highest BCUT2D eigenvalue weighted by Crippen LogP contribution is 2.31. The normalized spacial score (nSPS) is 14.9. The van der Waals surface area contributed by atoms with E-state index in [2.05, 4.69) is 31.9 Å². The summed E-state index contributed by atoms with van der Waals surface area (Å²) in [5.74, 6) is 1.25. The molecule has 3 aromatic rings.